The van der Waals surface area contributed by atoms with Crippen molar-refractivity contribution in [1.82, 2.24) is 5.32 Å². The monoisotopic (exact) mass is 215 g/mol. The van der Waals surface area contributed by atoms with E-state index in [2.05, 4.69) is 5.32 Å². The highest BCUT2D eigenvalue weighted by Gasteiger charge is 1.99. The van der Waals surface area contributed by atoms with E-state index in [4.69, 9.17) is 5.73 Å². The average Bonchev–Trinajstić information content (AvgIpc) is 2.15. The summed E-state index contributed by atoms with van der Waals surface area (Å²) in [5.41, 5.74) is 5.34. The minimum Gasteiger partial charge on any atom is -0.550 e. The first-order valence-corrected chi connectivity index (χ1v) is 5.33. The van der Waals surface area contributed by atoms with Gasteiger partial charge in [0.25, 0.3) is 0 Å². The second-order valence-corrected chi connectivity index (χ2v) is 3.46. The molecule has 0 atom stereocenters. The standard InChI is InChI=1S/C10H20N2O3/c11-6-4-2-1-3-5-7-12-9(13)8-10(14)15/h1-8,11H2,(H,12,13)(H,14,15)/p-1. The van der Waals surface area contributed by atoms with Crippen molar-refractivity contribution in [2.24, 2.45) is 5.73 Å². The molecule has 3 N–H and O–H groups in total. The molecule has 88 valence electrons. The van der Waals surface area contributed by atoms with Crippen molar-refractivity contribution in [3.05, 3.63) is 0 Å². The maximum atomic E-state index is 10.8. The first-order chi connectivity index (χ1) is 7.16. The fourth-order valence-electron chi connectivity index (χ4n) is 1.22. The van der Waals surface area contributed by atoms with Gasteiger partial charge in [-0.1, -0.05) is 19.3 Å². The zero-order valence-electron chi connectivity index (χ0n) is 8.96. The topological polar surface area (TPSA) is 95.2 Å². The summed E-state index contributed by atoms with van der Waals surface area (Å²) < 4.78 is 0. The molecule has 15 heavy (non-hydrogen) atoms. The Kier molecular flexibility index (Phi) is 8.76. The van der Waals surface area contributed by atoms with Gasteiger partial charge in [0.1, 0.15) is 0 Å². The molecular weight excluding hydrogens is 196 g/mol. The number of hydrogen-bond acceptors (Lipinski definition) is 4. The predicted octanol–water partition coefficient (Wildman–Crippen LogP) is -0.848. The summed E-state index contributed by atoms with van der Waals surface area (Å²) in [5.74, 6) is -1.81. The van der Waals surface area contributed by atoms with Crippen LogP contribution in [0.1, 0.15) is 38.5 Å². The number of carbonyl (C=O) groups excluding carboxylic acids is 2. The van der Waals surface area contributed by atoms with Gasteiger partial charge in [0.05, 0.1) is 12.4 Å². The average molecular weight is 215 g/mol. The van der Waals surface area contributed by atoms with Crippen LogP contribution < -0.4 is 16.2 Å². The van der Waals surface area contributed by atoms with Crippen molar-refractivity contribution in [2.75, 3.05) is 13.1 Å². The van der Waals surface area contributed by atoms with Crippen LogP contribution in [0.25, 0.3) is 0 Å². The highest BCUT2D eigenvalue weighted by molar-refractivity contribution is 5.92. The fourth-order valence-corrected chi connectivity index (χ4v) is 1.22. The fraction of sp³-hybridized carbons (Fsp3) is 0.800. The highest BCUT2D eigenvalue weighted by Crippen LogP contribution is 2.00. The van der Waals surface area contributed by atoms with Gasteiger partial charge in [0.2, 0.25) is 5.91 Å². The van der Waals surface area contributed by atoms with Crippen molar-refractivity contribution in [3.8, 4) is 0 Å². The van der Waals surface area contributed by atoms with Crippen LogP contribution in [0.15, 0.2) is 0 Å². The van der Waals surface area contributed by atoms with Crippen molar-refractivity contribution in [2.45, 2.75) is 38.5 Å². The van der Waals surface area contributed by atoms with E-state index < -0.39 is 18.3 Å². The largest absolute Gasteiger partial charge is 0.550 e. The number of unbranched alkanes of at least 4 members (excludes halogenated alkanes) is 4. The molecule has 0 heterocycles. The Morgan fingerprint density at radius 1 is 1.07 bits per heavy atom. The normalized spacial score (nSPS) is 9.93. The summed E-state index contributed by atoms with van der Waals surface area (Å²) in [7, 11) is 0. The Morgan fingerprint density at radius 3 is 2.27 bits per heavy atom. The summed E-state index contributed by atoms with van der Waals surface area (Å²) in [6, 6.07) is 0. The third-order valence-corrected chi connectivity index (χ3v) is 2.01. The lowest BCUT2D eigenvalue weighted by Gasteiger charge is -2.05. The van der Waals surface area contributed by atoms with Crippen LogP contribution in [0, 0.1) is 0 Å². The maximum absolute atomic E-state index is 10.8. The number of carbonyl (C=O) groups is 2. The number of hydrogen-bond donors (Lipinski definition) is 2. The van der Waals surface area contributed by atoms with E-state index >= 15 is 0 Å². The first kappa shape index (κ1) is 13.9. The Hall–Kier alpha value is -1.10. The lowest BCUT2D eigenvalue weighted by Crippen LogP contribution is -2.32. The minimum absolute atomic E-state index is 0.475. The van der Waals surface area contributed by atoms with Gasteiger partial charge < -0.3 is 21.0 Å². The quantitative estimate of drug-likeness (QED) is 0.387. The van der Waals surface area contributed by atoms with E-state index in [9.17, 15) is 14.7 Å². The molecule has 0 aliphatic carbocycles. The molecule has 0 rings (SSSR count). The van der Waals surface area contributed by atoms with Crippen LogP contribution in [0.5, 0.6) is 0 Å². The number of carboxylic acid groups (broad SMARTS) is 1. The summed E-state index contributed by atoms with van der Waals surface area (Å²) in [6.07, 6.45) is 4.62. The van der Waals surface area contributed by atoms with Crippen LogP contribution in [-0.2, 0) is 9.59 Å². The second-order valence-electron chi connectivity index (χ2n) is 3.46. The van der Waals surface area contributed by atoms with Gasteiger partial charge in [0, 0.05) is 6.54 Å². The van der Waals surface area contributed by atoms with Crippen molar-refractivity contribution < 1.29 is 14.7 Å². The molecule has 0 spiro atoms. The molecular formula is C10H19N2O3-. The first-order valence-electron chi connectivity index (χ1n) is 5.33. The molecule has 0 aromatic rings. The van der Waals surface area contributed by atoms with Crippen LogP contribution in [0.3, 0.4) is 0 Å². The zero-order valence-corrected chi connectivity index (χ0v) is 8.96. The van der Waals surface area contributed by atoms with E-state index in [-0.39, 0.29) is 0 Å². The molecule has 5 nitrogen and oxygen atoms in total. The molecule has 5 heteroatoms. The van der Waals surface area contributed by atoms with Gasteiger partial charge in [-0.2, -0.15) is 0 Å². The summed E-state index contributed by atoms with van der Waals surface area (Å²) in [6.45, 7) is 1.26. The number of carboxylic acids is 1. The zero-order chi connectivity index (χ0) is 11.5. The van der Waals surface area contributed by atoms with E-state index in [1.807, 2.05) is 0 Å². The number of nitrogens with one attached hydrogen (secondary N) is 1. The Bertz CT molecular complexity index is 195. The third kappa shape index (κ3) is 10.8. The number of aliphatic carboxylic acids is 1. The summed E-state index contributed by atoms with van der Waals surface area (Å²) >= 11 is 0. The minimum atomic E-state index is -1.34. The number of amides is 1. The van der Waals surface area contributed by atoms with Gasteiger partial charge in [-0.05, 0) is 19.4 Å². The maximum Gasteiger partial charge on any atom is 0.225 e. The third-order valence-electron chi connectivity index (χ3n) is 2.01. The Labute approximate surface area is 90.0 Å². The molecule has 0 saturated carbocycles. The second kappa shape index (κ2) is 9.45. The number of rotatable bonds is 9. The van der Waals surface area contributed by atoms with Crippen LogP contribution >= 0.6 is 0 Å². The molecule has 0 aliphatic heterocycles. The van der Waals surface area contributed by atoms with Crippen molar-refractivity contribution >= 4 is 11.9 Å². The van der Waals surface area contributed by atoms with Gasteiger partial charge in [-0.25, -0.2) is 0 Å². The van der Waals surface area contributed by atoms with Crippen molar-refractivity contribution in [3.63, 3.8) is 0 Å². The van der Waals surface area contributed by atoms with Crippen LogP contribution in [0.4, 0.5) is 0 Å². The van der Waals surface area contributed by atoms with E-state index in [0.717, 1.165) is 38.6 Å². The predicted molar refractivity (Wildman–Crippen MR) is 54.8 cm³/mol. The van der Waals surface area contributed by atoms with Crippen molar-refractivity contribution in [1.29, 1.82) is 0 Å². The number of nitrogens with two attached hydrogens (primary N) is 1. The van der Waals surface area contributed by atoms with Crippen LogP contribution in [0.2, 0.25) is 0 Å². The summed E-state index contributed by atoms with van der Waals surface area (Å²) in [5, 5.41) is 12.6. The Balaban J connectivity index is 3.16. The molecule has 0 aromatic carbocycles. The molecule has 0 aliphatic rings. The molecule has 0 fully saturated rings. The van der Waals surface area contributed by atoms with E-state index in [1.165, 1.54) is 0 Å². The van der Waals surface area contributed by atoms with Gasteiger partial charge in [-0.3, -0.25) is 4.79 Å². The van der Waals surface area contributed by atoms with E-state index in [0.29, 0.717) is 6.54 Å². The summed E-state index contributed by atoms with van der Waals surface area (Å²) in [4.78, 5) is 20.9. The van der Waals surface area contributed by atoms with Gasteiger partial charge in [0.15, 0.2) is 0 Å². The van der Waals surface area contributed by atoms with Gasteiger partial charge >= 0.3 is 0 Å². The highest BCUT2D eigenvalue weighted by atomic mass is 16.4. The smallest absolute Gasteiger partial charge is 0.225 e. The molecule has 0 bridgehead atoms. The SMILES string of the molecule is NCCCCCCCNC(=O)CC(=O)[O-]. The molecule has 0 radical (unpaired) electrons. The lowest BCUT2D eigenvalue weighted by molar-refractivity contribution is -0.304. The molecule has 0 unspecified atom stereocenters. The Morgan fingerprint density at radius 2 is 1.67 bits per heavy atom. The molecule has 1 amide bonds. The van der Waals surface area contributed by atoms with Crippen LogP contribution in [-0.4, -0.2) is 25.0 Å². The van der Waals surface area contributed by atoms with E-state index in [1.54, 1.807) is 0 Å². The molecule has 0 aromatic heterocycles. The molecule has 0 saturated heterocycles. The lowest BCUT2D eigenvalue weighted by atomic mass is 10.1. The van der Waals surface area contributed by atoms with Gasteiger partial charge in [-0.15, -0.1) is 0 Å².